The van der Waals surface area contributed by atoms with E-state index in [4.69, 9.17) is 4.42 Å². The van der Waals surface area contributed by atoms with Crippen molar-refractivity contribution in [3.05, 3.63) is 35.8 Å². The summed E-state index contributed by atoms with van der Waals surface area (Å²) >= 11 is 0. The van der Waals surface area contributed by atoms with Gasteiger partial charge in [-0.2, -0.15) is 5.10 Å². The highest BCUT2D eigenvalue weighted by atomic mass is 16.4. The van der Waals surface area contributed by atoms with Crippen molar-refractivity contribution in [1.29, 1.82) is 0 Å². The van der Waals surface area contributed by atoms with Crippen LogP contribution in [0.25, 0.3) is 0 Å². The van der Waals surface area contributed by atoms with Gasteiger partial charge in [0.2, 0.25) is 5.89 Å². The molecule has 0 saturated carbocycles. The molecule has 0 spiro atoms. The minimum absolute atomic E-state index is 0.000222. The number of hydrogen-bond donors (Lipinski definition) is 0. The number of hydrogen-bond acceptors (Lipinski definition) is 5. The van der Waals surface area contributed by atoms with E-state index >= 15 is 0 Å². The molecule has 2 aromatic rings. The molecule has 0 aromatic carbocycles. The highest BCUT2D eigenvalue weighted by Crippen LogP contribution is 2.36. The van der Waals surface area contributed by atoms with Gasteiger partial charge in [0.15, 0.2) is 0 Å². The molecule has 6 heteroatoms. The van der Waals surface area contributed by atoms with Crippen molar-refractivity contribution >= 4 is 0 Å². The molecule has 1 fully saturated rings. The fourth-order valence-corrected chi connectivity index (χ4v) is 4.20. The standard InChI is InChI=1S/C21H35N5O/c1-7-26-10-8-9-16(20(26)17-11-23-25(6)14-17)13-24(5)15-19-22-12-18(27-19)21(2,3)4/h11-12,14,16,20H,7-10,13,15H2,1-6H3/t16-,20+/m0/s1. The normalized spacial score (nSPS) is 21.9. The molecule has 0 amide bonds. The van der Waals surface area contributed by atoms with E-state index in [0.29, 0.717) is 12.0 Å². The second-order valence-electron chi connectivity index (χ2n) is 8.99. The first-order chi connectivity index (χ1) is 12.8. The lowest BCUT2D eigenvalue weighted by Crippen LogP contribution is -2.42. The summed E-state index contributed by atoms with van der Waals surface area (Å²) in [7, 11) is 4.17. The van der Waals surface area contributed by atoms with E-state index in [9.17, 15) is 0 Å². The molecule has 27 heavy (non-hydrogen) atoms. The van der Waals surface area contributed by atoms with Crippen LogP contribution in [-0.4, -0.2) is 51.2 Å². The second kappa shape index (κ2) is 8.15. The molecule has 2 aromatic heterocycles. The van der Waals surface area contributed by atoms with E-state index < -0.39 is 0 Å². The molecule has 6 nitrogen and oxygen atoms in total. The van der Waals surface area contributed by atoms with Crippen molar-refractivity contribution in [2.75, 3.05) is 26.7 Å². The maximum absolute atomic E-state index is 5.99. The Labute approximate surface area is 163 Å². The van der Waals surface area contributed by atoms with E-state index in [1.807, 2.05) is 24.1 Å². The molecule has 3 rings (SSSR count). The summed E-state index contributed by atoms with van der Waals surface area (Å²) in [6.45, 7) is 12.8. The molecule has 0 unspecified atom stereocenters. The van der Waals surface area contributed by atoms with Gasteiger partial charge in [0.05, 0.1) is 18.9 Å². The monoisotopic (exact) mass is 373 g/mol. The Balaban J connectivity index is 1.69. The van der Waals surface area contributed by atoms with Gasteiger partial charge in [0.1, 0.15) is 5.76 Å². The van der Waals surface area contributed by atoms with Crippen LogP contribution in [0.5, 0.6) is 0 Å². The predicted molar refractivity (Wildman–Crippen MR) is 107 cm³/mol. The molecule has 2 atom stereocenters. The van der Waals surface area contributed by atoms with E-state index in [-0.39, 0.29) is 5.41 Å². The number of rotatable bonds is 6. The van der Waals surface area contributed by atoms with Gasteiger partial charge in [-0.05, 0) is 38.9 Å². The first-order valence-corrected chi connectivity index (χ1v) is 10.1. The molecule has 1 aliphatic rings. The Bertz CT molecular complexity index is 729. The van der Waals surface area contributed by atoms with Crippen LogP contribution in [0.15, 0.2) is 23.0 Å². The molecule has 0 N–H and O–H groups in total. The molecule has 150 valence electrons. The summed E-state index contributed by atoms with van der Waals surface area (Å²) in [4.78, 5) is 9.45. The fraction of sp³-hybridized carbons (Fsp3) is 0.714. The predicted octanol–water partition coefficient (Wildman–Crippen LogP) is 3.61. The van der Waals surface area contributed by atoms with Gasteiger partial charge in [0.25, 0.3) is 0 Å². The van der Waals surface area contributed by atoms with E-state index in [2.05, 4.69) is 60.8 Å². The Hall–Kier alpha value is -1.66. The topological polar surface area (TPSA) is 50.3 Å². The van der Waals surface area contributed by atoms with Crippen molar-refractivity contribution < 1.29 is 4.42 Å². The molecule has 0 aliphatic carbocycles. The van der Waals surface area contributed by atoms with Crippen molar-refractivity contribution in [2.24, 2.45) is 13.0 Å². The highest BCUT2D eigenvalue weighted by molar-refractivity contribution is 5.13. The fourth-order valence-electron chi connectivity index (χ4n) is 4.20. The number of likely N-dealkylation sites (tertiary alicyclic amines) is 1. The van der Waals surface area contributed by atoms with Crippen LogP contribution in [0.2, 0.25) is 0 Å². The van der Waals surface area contributed by atoms with Crippen LogP contribution in [0, 0.1) is 5.92 Å². The van der Waals surface area contributed by atoms with Crippen molar-refractivity contribution in [3.8, 4) is 0 Å². The van der Waals surface area contributed by atoms with Gasteiger partial charge in [-0.25, -0.2) is 4.98 Å². The molecule has 3 heterocycles. The van der Waals surface area contributed by atoms with Gasteiger partial charge >= 0.3 is 0 Å². The Morgan fingerprint density at radius 1 is 1.30 bits per heavy atom. The maximum atomic E-state index is 5.99. The smallest absolute Gasteiger partial charge is 0.208 e. The summed E-state index contributed by atoms with van der Waals surface area (Å²) < 4.78 is 7.90. The largest absolute Gasteiger partial charge is 0.444 e. The molecule has 1 saturated heterocycles. The quantitative estimate of drug-likeness (QED) is 0.774. The number of nitrogens with zero attached hydrogens (tertiary/aromatic N) is 5. The van der Waals surface area contributed by atoms with Crippen LogP contribution >= 0.6 is 0 Å². The summed E-state index contributed by atoms with van der Waals surface area (Å²) in [6.07, 6.45) is 8.60. The van der Waals surface area contributed by atoms with Crippen molar-refractivity contribution in [3.63, 3.8) is 0 Å². The first-order valence-electron chi connectivity index (χ1n) is 10.1. The van der Waals surface area contributed by atoms with Crippen LogP contribution in [-0.2, 0) is 19.0 Å². The van der Waals surface area contributed by atoms with Crippen molar-refractivity contribution in [1.82, 2.24) is 24.6 Å². The third kappa shape index (κ3) is 4.79. The third-order valence-corrected chi connectivity index (χ3v) is 5.58. The molecule has 0 radical (unpaired) electrons. The van der Waals surface area contributed by atoms with Crippen LogP contribution in [0.4, 0.5) is 0 Å². The number of piperidine rings is 1. The maximum Gasteiger partial charge on any atom is 0.208 e. The van der Waals surface area contributed by atoms with E-state index in [0.717, 1.165) is 31.3 Å². The van der Waals surface area contributed by atoms with Gasteiger partial charge in [-0.15, -0.1) is 0 Å². The zero-order valence-corrected chi connectivity index (χ0v) is 17.8. The average molecular weight is 374 g/mol. The number of oxazole rings is 1. The number of aromatic nitrogens is 3. The Morgan fingerprint density at radius 3 is 2.67 bits per heavy atom. The van der Waals surface area contributed by atoms with Crippen LogP contribution in [0.1, 0.15) is 63.8 Å². The first kappa shape index (κ1) is 20.1. The minimum atomic E-state index is 0.000222. The second-order valence-corrected chi connectivity index (χ2v) is 8.99. The van der Waals surface area contributed by atoms with Gasteiger partial charge < -0.3 is 4.42 Å². The SMILES string of the molecule is CCN1CCC[C@@H](CN(C)Cc2ncc(C(C)(C)C)o2)[C@@H]1c1cnn(C)c1. The highest BCUT2D eigenvalue weighted by Gasteiger charge is 2.33. The summed E-state index contributed by atoms with van der Waals surface area (Å²) in [5, 5.41) is 4.42. The molecular formula is C21H35N5O. The molecular weight excluding hydrogens is 338 g/mol. The lowest BCUT2D eigenvalue weighted by molar-refractivity contribution is 0.0729. The summed E-state index contributed by atoms with van der Waals surface area (Å²) in [5.41, 5.74) is 1.34. The van der Waals surface area contributed by atoms with E-state index in [1.165, 1.54) is 24.9 Å². The summed E-state index contributed by atoms with van der Waals surface area (Å²) in [5.74, 6) is 2.35. The third-order valence-electron chi connectivity index (χ3n) is 5.58. The van der Waals surface area contributed by atoms with Gasteiger partial charge in [-0.1, -0.05) is 27.7 Å². The Morgan fingerprint density at radius 2 is 2.07 bits per heavy atom. The number of aryl methyl sites for hydroxylation is 1. The molecule has 1 aliphatic heterocycles. The van der Waals surface area contributed by atoms with Gasteiger partial charge in [-0.3, -0.25) is 14.5 Å². The van der Waals surface area contributed by atoms with Crippen LogP contribution in [0.3, 0.4) is 0 Å². The van der Waals surface area contributed by atoms with Crippen molar-refractivity contribution in [2.45, 2.75) is 58.5 Å². The van der Waals surface area contributed by atoms with Gasteiger partial charge in [0, 0.05) is 36.8 Å². The lowest BCUT2D eigenvalue weighted by atomic mass is 9.85. The lowest BCUT2D eigenvalue weighted by Gasteiger charge is -2.41. The van der Waals surface area contributed by atoms with E-state index in [1.54, 1.807) is 0 Å². The summed E-state index contributed by atoms with van der Waals surface area (Å²) in [6, 6.07) is 0.439. The zero-order valence-electron chi connectivity index (χ0n) is 17.8. The molecule has 0 bridgehead atoms. The van der Waals surface area contributed by atoms with Crippen LogP contribution < -0.4 is 0 Å². The zero-order chi connectivity index (χ0) is 19.6. The Kier molecular flexibility index (Phi) is 6.06. The average Bonchev–Trinajstić information content (AvgIpc) is 3.23. The minimum Gasteiger partial charge on any atom is -0.444 e.